The molecule has 0 aliphatic carbocycles. The topological polar surface area (TPSA) is 53.8 Å². The summed E-state index contributed by atoms with van der Waals surface area (Å²) in [6.45, 7) is 6.67. The zero-order chi connectivity index (χ0) is 18.5. The van der Waals surface area contributed by atoms with Gasteiger partial charge in [0, 0.05) is 32.1 Å². The zero-order valence-electron chi connectivity index (χ0n) is 15.5. The van der Waals surface area contributed by atoms with Gasteiger partial charge in [-0.15, -0.1) is 0 Å². The van der Waals surface area contributed by atoms with E-state index in [2.05, 4.69) is 19.1 Å². The maximum absolute atomic E-state index is 13.0. The molecule has 0 unspecified atom stereocenters. The Morgan fingerprint density at radius 1 is 1.19 bits per heavy atom. The Morgan fingerprint density at radius 2 is 1.92 bits per heavy atom. The molecule has 0 saturated carbocycles. The summed E-state index contributed by atoms with van der Waals surface area (Å²) in [5, 5.41) is 0. The first-order valence-corrected chi connectivity index (χ1v) is 9.25. The molecule has 3 rings (SSSR count). The lowest BCUT2D eigenvalue weighted by Crippen LogP contribution is -2.44. The van der Waals surface area contributed by atoms with Crippen LogP contribution in [0.4, 0.5) is 0 Å². The molecule has 1 fully saturated rings. The molecule has 5 nitrogen and oxygen atoms in total. The fourth-order valence-electron chi connectivity index (χ4n) is 3.50. The van der Waals surface area contributed by atoms with E-state index in [0.29, 0.717) is 44.6 Å². The molecule has 0 atom stereocenters. The molecule has 5 heteroatoms. The Hall–Kier alpha value is -2.56. The molecule has 1 aromatic heterocycles. The highest BCUT2D eigenvalue weighted by atomic mass is 16.3. The molecule has 1 saturated heterocycles. The molecule has 0 N–H and O–H groups in total. The van der Waals surface area contributed by atoms with E-state index in [1.165, 1.54) is 23.7 Å². The maximum Gasteiger partial charge on any atom is 0.257 e. The molecule has 0 radical (unpaired) electrons. The Bertz CT molecular complexity index is 746. The summed E-state index contributed by atoms with van der Waals surface area (Å²) >= 11 is 0. The van der Waals surface area contributed by atoms with E-state index in [1.54, 1.807) is 6.07 Å². The summed E-state index contributed by atoms with van der Waals surface area (Å²) < 4.78 is 4.99. The number of carbonyl (C=O) groups excluding carboxylic acids is 2. The predicted molar refractivity (Wildman–Crippen MR) is 99.6 cm³/mol. The number of hydrogen-bond donors (Lipinski definition) is 0. The van der Waals surface area contributed by atoms with E-state index in [0.717, 1.165) is 0 Å². The second kappa shape index (κ2) is 8.21. The first-order valence-electron chi connectivity index (χ1n) is 9.25. The van der Waals surface area contributed by atoms with Crippen LogP contribution in [-0.4, -0.2) is 41.2 Å². The number of carbonyl (C=O) groups is 2. The smallest absolute Gasteiger partial charge is 0.257 e. The Kier molecular flexibility index (Phi) is 5.76. The Labute approximate surface area is 154 Å². The molecule has 1 aromatic carbocycles. The highest BCUT2D eigenvalue weighted by Gasteiger charge is 2.30. The summed E-state index contributed by atoms with van der Waals surface area (Å²) in [5.74, 6) is 0.176. The standard InChI is InChI=1S/C21H26N2O3/c1-3-22(14-18-7-5-4-6-16(18)2)20(24)17-8-11-23(12-9-17)21(25)19-10-13-26-15-19/h4-7,10,13,15,17H,3,8-9,11-12,14H2,1-2H3. The second-order valence-electron chi connectivity index (χ2n) is 6.86. The number of piperidine rings is 1. The number of benzene rings is 1. The van der Waals surface area contributed by atoms with Crippen molar-refractivity contribution in [3.8, 4) is 0 Å². The molecule has 0 bridgehead atoms. The molecule has 0 spiro atoms. The summed E-state index contributed by atoms with van der Waals surface area (Å²) in [6.07, 6.45) is 4.41. The molecule has 1 aliphatic heterocycles. The van der Waals surface area contributed by atoms with Gasteiger partial charge in [-0.25, -0.2) is 0 Å². The average molecular weight is 354 g/mol. The maximum atomic E-state index is 13.0. The van der Waals surface area contributed by atoms with E-state index in [4.69, 9.17) is 4.42 Å². The van der Waals surface area contributed by atoms with Crippen LogP contribution >= 0.6 is 0 Å². The summed E-state index contributed by atoms with van der Waals surface area (Å²) in [7, 11) is 0. The van der Waals surface area contributed by atoms with Crippen molar-refractivity contribution in [2.75, 3.05) is 19.6 Å². The first kappa shape index (κ1) is 18.2. The Morgan fingerprint density at radius 3 is 2.54 bits per heavy atom. The summed E-state index contributed by atoms with van der Waals surface area (Å²) in [4.78, 5) is 29.1. The third-order valence-electron chi connectivity index (χ3n) is 5.22. The Balaban J connectivity index is 1.58. The van der Waals surface area contributed by atoms with Gasteiger partial charge in [0.05, 0.1) is 11.8 Å². The van der Waals surface area contributed by atoms with Crippen LogP contribution in [0.1, 0.15) is 41.3 Å². The van der Waals surface area contributed by atoms with Crippen LogP contribution in [0.25, 0.3) is 0 Å². The van der Waals surface area contributed by atoms with Crippen molar-refractivity contribution in [3.05, 3.63) is 59.5 Å². The number of aryl methyl sites for hydroxylation is 1. The lowest BCUT2D eigenvalue weighted by molar-refractivity contribution is -0.137. The van der Waals surface area contributed by atoms with Gasteiger partial charge in [0.15, 0.2) is 0 Å². The average Bonchev–Trinajstić information content (AvgIpc) is 3.21. The van der Waals surface area contributed by atoms with Crippen LogP contribution in [0.2, 0.25) is 0 Å². The molecule has 2 heterocycles. The molecule has 1 aliphatic rings. The van der Waals surface area contributed by atoms with E-state index in [9.17, 15) is 9.59 Å². The molecular weight excluding hydrogens is 328 g/mol. The van der Waals surface area contributed by atoms with Crippen LogP contribution in [0.5, 0.6) is 0 Å². The van der Waals surface area contributed by atoms with Gasteiger partial charge in [-0.1, -0.05) is 24.3 Å². The minimum Gasteiger partial charge on any atom is -0.472 e. The van der Waals surface area contributed by atoms with E-state index < -0.39 is 0 Å². The third-order valence-corrected chi connectivity index (χ3v) is 5.22. The number of amides is 2. The third kappa shape index (κ3) is 3.98. The van der Waals surface area contributed by atoms with Gasteiger partial charge in [0.25, 0.3) is 5.91 Å². The normalized spacial score (nSPS) is 15.1. The van der Waals surface area contributed by atoms with Crippen molar-refractivity contribution in [3.63, 3.8) is 0 Å². The van der Waals surface area contributed by atoms with Crippen molar-refractivity contribution in [1.29, 1.82) is 0 Å². The fraction of sp³-hybridized carbons (Fsp3) is 0.429. The molecule has 138 valence electrons. The van der Waals surface area contributed by atoms with Crippen LogP contribution < -0.4 is 0 Å². The van der Waals surface area contributed by atoms with Gasteiger partial charge in [0.1, 0.15) is 6.26 Å². The van der Waals surface area contributed by atoms with Gasteiger partial charge >= 0.3 is 0 Å². The van der Waals surface area contributed by atoms with Crippen molar-refractivity contribution in [2.24, 2.45) is 5.92 Å². The van der Waals surface area contributed by atoms with Crippen molar-refractivity contribution in [1.82, 2.24) is 9.80 Å². The summed E-state index contributed by atoms with van der Waals surface area (Å²) in [6, 6.07) is 9.87. The summed E-state index contributed by atoms with van der Waals surface area (Å²) in [5.41, 5.74) is 2.97. The zero-order valence-corrected chi connectivity index (χ0v) is 15.5. The van der Waals surface area contributed by atoms with E-state index >= 15 is 0 Å². The van der Waals surface area contributed by atoms with Gasteiger partial charge in [-0.3, -0.25) is 9.59 Å². The highest BCUT2D eigenvalue weighted by molar-refractivity contribution is 5.94. The van der Waals surface area contributed by atoms with Gasteiger partial charge in [-0.2, -0.15) is 0 Å². The molecule has 2 amide bonds. The van der Waals surface area contributed by atoms with E-state index in [1.807, 2.05) is 28.9 Å². The second-order valence-corrected chi connectivity index (χ2v) is 6.86. The largest absolute Gasteiger partial charge is 0.472 e. The molecule has 26 heavy (non-hydrogen) atoms. The lowest BCUT2D eigenvalue weighted by Gasteiger charge is -2.34. The van der Waals surface area contributed by atoms with Crippen LogP contribution in [0.3, 0.4) is 0 Å². The SMILES string of the molecule is CCN(Cc1ccccc1C)C(=O)C1CCN(C(=O)c2ccoc2)CC1. The van der Waals surface area contributed by atoms with Gasteiger partial charge in [-0.05, 0) is 43.9 Å². The van der Waals surface area contributed by atoms with Gasteiger partial charge in [0.2, 0.25) is 5.91 Å². The highest BCUT2D eigenvalue weighted by Crippen LogP contribution is 2.22. The minimum atomic E-state index is -0.0168. The number of nitrogens with zero attached hydrogens (tertiary/aromatic N) is 2. The van der Waals surface area contributed by atoms with E-state index in [-0.39, 0.29) is 17.7 Å². The van der Waals surface area contributed by atoms with Crippen molar-refractivity contribution < 1.29 is 14.0 Å². The first-order chi connectivity index (χ1) is 12.6. The van der Waals surface area contributed by atoms with Crippen LogP contribution in [-0.2, 0) is 11.3 Å². The number of furan rings is 1. The van der Waals surface area contributed by atoms with Crippen LogP contribution in [0, 0.1) is 12.8 Å². The van der Waals surface area contributed by atoms with Crippen molar-refractivity contribution in [2.45, 2.75) is 33.2 Å². The monoisotopic (exact) mass is 354 g/mol. The quantitative estimate of drug-likeness (QED) is 0.826. The lowest BCUT2D eigenvalue weighted by atomic mass is 9.94. The van der Waals surface area contributed by atoms with Crippen LogP contribution in [0.15, 0.2) is 47.3 Å². The number of likely N-dealkylation sites (tertiary alicyclic amines) is 1. The molecule has 2 aromatic rings. The fourth-order valence-corrected chi connectivity index (χ4v) is 3.50. The predicted octanol–water partition coefficient (Wildman–Crippen LogP) is 3.49. The number of hydrogen-bond acceptors (Lipinski definition) is 3. The minimum absolute atomic E-state index is 0.00707. The van der Waals surface area contributed by atoms with Gasteiger partial charge < -0.3 is 14.2 Å². The van der Waals surface area contributed by atoms with Crippen molar-refractivity contribution >= 4 is 11.8 Å². The molecular formula is C21H26N2O3. The number of rotatable bonds is 5.